The molecule has 5 heteroatoms. The minimum absolute atomic E-state index is 0.479. The molecular formula is C20H28N2O2S. The van der Waals surface area contributed by atoms with Gasteiger partial charge in [0.15, 0.2) is 5.11 Å². The molecule has 2 N–H and O–H groups in total. The third-order valence-corrected chi connectivity index (χ3v) is 6.64. The summed E-state index contributed by atoms with van der Waals surface area (Å²) in [4.78, 5) is 0. The van der Waals surface area contributed by atoms with Crippen molar-refractivity contribution in [3.8, 4) is 11.5 Å². The molecule has 0 atom stereocenters. The number of benzene rings is 1. The number of hydrogen-bond acceptors (Lipinski definition) is 3. The van der Waals surface area contributed by atoms with Crippen molar-refractivity contribution in [3.63, 3.8) is 0 Å². The van der Waals surface area contributed by atoms with E-state index in [2.05, 4.69) is 10.6 Å². The Morgan fingerprint density at radius 1 is 1.00 bits per heavy atom. The van der Waals surface area contributed by atoms with Crippen LogP contribution < -0.4 is 20.1 Å². The number of anilines is 1. The first-order valence-electron chi connectivity index (χ1n) is 9.35. The van der Waals surface area contributed by atoms with Gasteiger partial charge in [-0.3, -0.25) is 0 Å². The van der Waals surface area contributed by atoms with Crippen LogP contribution in [-0.2, 0) is 0 Å². The highest BCUT2D eigenvalue weighted by atomic mass is 32.1. The van der Waals surface area contributed by atoms with E-state index in [4.69, 9.17) is 21.7 Å². The van der Waals surface area contributed by atoms with E-state index in [-0.39, 0.29) is 0 Å². The largest absolute Gasteiger partial charge is 0.497 e. The molecule has 0 amide bonds. The van der Waals surface area contributed by atoms with Gasteiger partial charge in [0.1, 0.15) is 11.5 Å². The molecule has 5 rings (SSSR count). The minimum atomic E-state index is 0.479. The summed E-state index contributed by atoms with van der Waals surface area (Å²) in [5.41, 5.74) is 1.37. The van der Waals surface area contributed by atoms with Crippen LogP contribution in [-0.4, -0.2) is 25.9 Å². The number of thiocarbonyl (C=S) groups is 1. The highest BCUT2D eigenvalue weighted by Gasteiger charge is 2.50. The number of hydrogen-bond donors (Lipinski definition) is 2. The maximum atomic E-state index is 5.55. The molecule has 4 aliphatic rings. The predicted octanol–water partition coefficient (Wildman–Crippen LogP) is 4.21. The Bertz CT molecular complexity index is 604. The number of methoxy groups -OCH3 is 2. The zero-order valence-corrected chi connectivity index (χ0v) is 16.0. The average molecular weight is 361 g/mol. The Morgan fingerprint density at radius 2 is 1.52 bits per heavy atom. The van der Waals surface area contributed by atoms with Gasteiger partial charge < -0.3 is 20.1 Å². The third kappa shape index (κ3) is 3.57. The van der Waals surface area contributed by atoms with Crippen molar-refractivity contribution in [2.24, 2.45) is 23.2 Å². The fraction of sp³-hybridized carbons (Fsp3) is 0.650. The highest BCUT2D eigenvalue weighted by Crippen LogP contribution is 2.59. The van der Waals surface area contributed by atoms with Crippen LogP contribution in [0, 0.1) is 23.2 Å². The number of rotatable bonds is 5. The van der Waals surface area contributed by atoms with E-state index in [9.17, 15) is 0 Å². The van der Waals surface area contributed by atoms with Crippen LogP contribution in [0.2, 0.25) is 0 Å². The molecule has 1 aromatic rings. The van der Waals surface area contributed by atoms with E-state index in [0.29, 0.717) is 10.5 Å². The molecule has 4 nitrogen and oxygen atoms in total. The van der Waals surface area contributed by atoms with Gasteiger partial charge in [-0.05, 0) is 73.9 Å². The number of nitrogens with one attached hydrogen (secondary N) is 2. The number of ether oxygens (including phenoxy) is 2. The van der Waals surface area contributed by atoms with Gasteiger partial charge in [0, 0.05) is 30.4 Å². The van der Waals surface area contributed by atoms with Gasteiger partial charge in [0.25, 0.3) is 0 Å². The van der Waals surface area contributed by atoms with Crippen molar-refractivity contribution in [3.05, 3.63) is 18.2 Å². The first-order valence-corrected chi connectivity index (χ1v) is 9.76. The van der Waals surface area contributed by atoms with Crippen molar-refractivity contribution >= 4 is 23.0 Å². The summed E-state index contributed by atoms with van der Waals surface area (Å²) in [5.74, 6) is 4.42. The summed E-state index contributed by atoms with van der Waals surface area (Å²) in [6, 6.07) is 5.72. The predicted molar refractivity (Wildman–Crippen MR) is 104 cm³/mol. The maximum absolute atomic E-state index is 5.55. The van der Waals surface area contributed by atoms with Gasteiger partial charge in [-0.2, -0.15) is 0 Å². The van der Waals surface area contributed by atoms with Crippen LogP contribution in [0.5, 0.6) is 11.5 Å². The van der Waals surface area contributed by atoms with Crippen LogP contribution in [0.25, 0.3) is 0 Å². The molecule has 25 heavy (non-hydrogen) atoms. The fourth-order valence-electron chi connectivity index (χ4n) is 5.83. The second kappa shape index (κ2) is 6.67. The third-order valence-electron chi connectivity index (χ3n) is 6.40. The van der Waals surface area contributed by atoms with E-state index >= 15 is 0 Å². The first-order chi connectivity index (χ1) is 12.1. The Labute approximate surface area is 155 Å². The van der Waals surface area contributed by atoms with Crippen molar-refractivity contribution in [2.45, 2.75) is 38.5 Å². The topological polar surface area (TPSA) is 42.5 Å². The summed E-state index contributed by atoms with van der Waals surface area (Å²) in [5, 5.41) is 7.47. The molecule has 4 fully saturated rings. The fourth-order valence-corrected chi connectivity index (χ4v) is 6.02. The standard InChI is InChI=1S/C20H28N2O2S/c1-23-17-6-16(7-18(8-17)24-2)22-19(25)21-12-20-9-13-3-14(10-20)5-15(4-13)11-20/h6-8,13-15H,3-5,9-12H2,1-2H3,(H2,21,22,25). The molecule has 4 saturated carbocycles. The molecule has 0 radical (unpaired) electrons. The lowest BCUT2D eigenvalue weighted by molar-refractivity contribution is -0.0490. The highest BCUT2D eigenvalue weighted by molar-refractivity contribution is 7.80. The molecule has 4 aliphatic carbocycles. The van der Waals surface area contributed by atoms with Crippen molar-refractivity contribution < 1.29 is 9.47 Å². The van der Waals surface area contributed by atoms with Crippen LogP contribution in [0.3, 0.4) is 0 Å². The Balaban J connectivity index is 1.37. The zero-order chi connectivity index (χ0) is 17.4. The van der Waals surface area contributed by atoms with Gasteiger partial charge >= 0.3 is 0 Å². The monoisotopic (exact) mass is 360 g/mol. The van der Waals surface area contributed by atoms with E-state index in [1.807, 2.05) is 18.2 Å². The van der Waals surface area contributed by atoms with E-state index in [1.54, 1.807) is 14.2 Å². The van der Waals surface area contributed by atoms with E-state index in [0.717, 1.165) is 41.5 Å². The smallest absolute Gasteiger partial charge is 0.170 e. The normalized spacial score (nSPS) is 32.3. The van der Waals surface area contributed by atoms with E-state index < -0.39 is 0 Å². The lowest BCUT2D eigenvalue weighted by atomic mass is 9.49. The molecule has 0 spiro atoms. The van der Waals surface area contributed by atoms with Crippen LogP contribution in [0.15, 0.2) is 18.2 Å². The van der Waals surface area contributed by atoms with Gasteiger partial charge in [0.2, 0.25) is 0 Å². The van der Waals surface area contributed by atoms with Gasteiger partial charge in [-0.15, -0.1) is 0 Å². The molecule has 0 heterocycles. The minimum Gasteiger partial charge on any atom is -0.497 e. The van der Waals surface area contributed by atoms with Crippen LogP contribution >= 0.6 is 12.2 Å². The maximum Gasteiger partial charge on any atom is 0.170 e. The van der Waals surface area contributed by atoms with Crippen LogP contribution in [0.4, 0.5) is 5.69 Å². The van der Waals surface area contributed by atoms with Crippen molar-refractivity contribution in [2.75, 3.05) is 26.1 Å². The summed E-state index contributed by atoms with van der Waals surface area (Å²) >= 11 is 5.55. The van der Waals surface area contributed by atoms with Gasteiger partial charge in [0.05, 0.1) is 14.2 Å². The molecule has 4 bridgehead atoms. The summed E-state index contributed by atoms with van der Waals surface area (Å²) in [6.07, 6.45) is 8.60. The quantitative estimate of drug-likeness (QED) is 0.770. The molecule has 0 unspecified atom stereocenters. The molecule has 0 saturated heterocycles. The van der Waals surface area contributed by atoms with Crippen molar-refractivity contribution in [1.82, 2.24) is 5.32 Å². The lowest BCUT2D eigenvalue weighted by Crippen LogP contribution is -2.51. The SMILES string of the molecule is COc1cc(NC(=S)NCC23CC4CC(CC(C4)C2)C3)cc(OC)c1. The summed E-state index contributed by atoms with van der Waals surface area (Å²) in [7, 11) is 3.31. The zero-order valence-electron chi connectivity index (χ0n) is 15.1. The summed E-state index contributed by atoms with van der Waals surface area (Å²) in [6.45, 7) is 1.00. The lowest BCUT2D eigenvalue weighted by Gasteiger charge is -2.57. The second-order valence-corrected chi connectivity index (χ2v) is 8.73. The molecule has 136 valence electrons. The Hall–Kier alpha value is -1.49. The Kier molecular flexibility index (Phi) is 4.52. The average Bonchev–Trinajstić information content (AvgIpc) is 2.58. The first kappa shape index (κ1) is 17.0. The Morgan fingerprint density at radius 3 is 2.00 bits per heavy atom. The molecular weight excluding hydrogens is 332 g/mol. The van der Waals surface area contributed by atoms with Crippen molar-refractivity contribution in [1.29, 1.82) is 0 Å². The van der Waals surface area contributed by atoms with Crippen LogP contribution in [0.1, 0.15) is 38.5 Å². The second-order valence-electron chi connectivity index (χ2n) is 8.33. The molecule has 0 aromatic heterocycles. The molecule has 0 aliphatic heterocycles. The molecule has 1 aromatic carbocycles. The van der Waals surface area contributed by atoms with E-state index in [1.165, 1.54) is 38.5 Å². The van der Waals surface area contributed by atoms with Gasteiger partial charge in [-0.1, -0.05) is 0 Å². The van der Waals surface area contributed by atoms with Gasteiger partial charge in [-0.25, -0.2) is 0 Å². The summed E-state index contributed by atoms with van der Waals surface area (Å²) < 4.78 is 10.6.